The van der Waals surface area contributed by atoms with Gasteiger partial charge in [0.2, 0.25) is 0 Å². The highest BCUT2D eigenvalue weighted by atomic mass is 16.5. The molecule has 0 aliphatic heterocycles. The van der Waals surface area contributed by atoms with E-state index in [9.17, 15) is 0 Å². The molecule has 3 unspecified atom stereocenters. The van der Waals surface area contributed by atoms with Crippen molar-refractivity contribution in [3.63, 3.8) is 0 Å². The van der Waals surface area contributed by atoms with Gasteiger partial charge in [0.25, 0.3) is 0 Å². The normalized spacial score (nSPS) is 27.4. The molecule has 1 fully saturated rings. The van der Waals surface area contributed by atoms with Crippen molar-refractivity contribution in [2.24, 2.45) is 39.4 Å². The van der Waals surface area contributed by atoms with Crippen LogP contribution in [-0.4, -0.2) is 6.10 Å². The Morgan fingerprint density at radius 1 is 0.815 bits per heavy atom. The van der Waals surface area contributed by atoms with Gasteiger partial charge in [-0.25, -0.2) is 0 Å². The number of hydrogen-bond donors (Lipinski definition) is 0. The Bertz CT molecular complexity index is 472. The Hall–Kier alpha value is -0.460. The fourth-order valence-corrected chi connectivity index (χ4v) is 4.76. The lowest BCUT2D eigenvalue weighted by atomic mass is 9.61. The van der Waals surface area contributed by atoms with Crippen LogP contribution in [0.4, 0.5) is 0 Å². The highest BCUT2D eigenvalue weighted by Gasteiger charge is 2.45. The Labute approximate surface area is 171 Å². The number of ether oxygens (including phenoxy) is 1. The first-order chi connectivity index (χ1) is 11.9. The van der Waals surface area contributed by atoms with Crippen molar-refractivity contribution < 1.29 is 4.74 Å². The summed E-state index contributed by atoms with van der Waals surface area (Å²) in [5, 5.41) is 0. The lowest BCUT2D eigenvalue weighted by Gasteiger charge is -2.49. The maximum Gasteiger partial charge on any atom is 0.0988 e. The monoisotopic (exact) mass is 378 g/mol. The van der Waals surface area contributed by atoms with Crippen LogP contribution in [0.1, 0.15) is 109 Å². The van der Waals surface area contributed by atoms with Crippen molar-refractivity contribution in [2.75, 3.05) is 0 Å². The van der Waals surface area contributed by atoms with E-state index in [1.807, 2.05) is 0 Å². The summed E-state index contributed by atoms with van der Waals surface area (Å²) in [6.45, 7) is 32.8. The molecule has 1 saturated carbocycles. The molecule has 1 heteroatoms. The molecule has 1 nitrogen and oxygen atoms in total. The molecule has 0 aromatic carbocycles. The lowest BCUT2D eigenvalue weighted by Crippen LogP contribution is -2.42. The molecule has 0 N–H and O–H groups in total. The van der Waals surface area contributed by atoms with Gasteiger partial charge < -0.3 is 4.74 Å². The number of allylic oxidation sites excluding steroid dienone is 1. The zero-order valence-electron chi connectivity index (χ0n) is 20.8. The van der Waals surface area contributed by atoms with Crippen molar-refractivity contribution >= 4 is 0 Å². The lowest BCUT2D eigenvalue weighted by molar-refractivity contribution is -0.0532. The minimum atomic E-state index is -0.00687. The van der Waals surface area contributed by atoms with Crippen LogP contribution in [-0.2, 0) is 4.74 Å². The molecule has 3 atom stereocenters. The van der Waals surface area contributed by atoms with Crippen molar-refractivity contribution in [3.05, 3.63) is 12.3 Å². The highest BCUT2D eigenvalue weighted by molar-refractivity contribution is 5.08. The molecule has 0 amide bonds. The van der Waals surface area contributed by atoms with E-state index in [0.29, 0.717) is 34.7 Å². The maximum absolute atomic E-state index is 6.74. The maximum atomic E-state index is 6.74. The SMILES string of the molecule is C=C(OC1CC(C(C)(C)C)CC(C(C)(C)C)C1)C(C)(CC(C)C)C(C)(C)C. The van der Waals surface area contributed by atoms with Crippen LogP contribution >= 0.6 is 0 Å². The van der Waals surface area contributed by atoms with Crippen molar-refractivity contribution in [3.8, 4) is 0 Å². The van der Waals surface area contributed by atoms with Crippen LogP contribution in [0.2, 0.25) is 0 Å². The third-order valence-corrected chi connectivity index (χ3v) is 7.51. The molecule has 0 radical (unpaired) electrons. The van der Waals surface area contributed by atoms with E-state index >= 15 is 0 Å². The van der Waals surface area contributed by atoms with Gasteiger partial charge in [0.15, 0.2) is 0 Å². The van der Waals surface area contributed by atoms with Crippen LogP contribution in [0.5, 0.6) is 0 Å². The predicted molar refractivity (Wildman–Crippen MR) is 121 cm³/mol. The second kappa shape index (κ2) is 8.11. The molecule has 0 aromatic heterocycles. The van der Waals surface area contributed by atoms with Gasteiger partial charge >= 0.3 is 0 Å². The summed E-state index contributed by atoms with van der Waals surface area (Å²) in [4.78, 5) is 0. The summed E-state index contributed by atoms with van der Waals surface area (Å²) in [6.07, 6.45) is 5.07. The van der Waals surface area contributed by atoms with Crippen LogP contribution < -0.4 is 0 Å². The molecule has 160 valence electrons. The molecular formula is C26H50O. The summed E-state index contributed by atoms with van der Waals surface area (Å²) in [7, 11) is 0. The van der Waals surface area contributed by atoms with Gasteiger partial charge in [0.1, 0.15) is 0 Å². The largest absolute Gasteiger partial charge is 0.495 e. The second-order valence-corrected chi connectivity index (χ2v) is 13.2. The smallest absolute Gasteiger partial charge is 0.0988 e. The summed E-state index contributed by atoms with van der Waals surface area (Å²) in [5.41, 5.74) is 0.791. The van der Waals surface area contributed by atoms with Crippen molar-refractivity contribution in [1.82, 2.24) is 0 Å². The zero-order valence-corrected chi connectivity index (χ0v) is 20.8. The average molecular weight is 379 g/mol. The van der Waals surface area contributed by atoms with E-state index in [-0.39, 0.29) is 10.8 Å². The van der Waals surface area contributed by atoms with Gasteiger partial charge in [-0.05, 0) is 59.7 Å². The summed E-state index contributed by atoms with van der Waals surface area (Å²) >= 11 is 0. The fourth-order valence-electron chi connectivity index (χ4n) is 4.76. The standard InChI is InChI=1S/C26H50O/c1-18(2)17-26(13,25(10,11)12)19(3)27-22-15-20(23(4,5)6)14-21(16-22)24(7,8)9/h18,20-22H,3,14-17H2,1-2,4-13H3. The first-order valence-corrected chi connectivity index (χ1v) is 11.2. The molecule has 27 heavy (non-hydrogen) atoms. The predicted octanol–water partition coefficient (Wildman–Crippen LogP) is 8.49. The summed E-state index contributed by atoms with van der Waals surface area (Å²) in [6, 6.07) is 0. The summed E-state index contributed by atoms with van der Waals surface area (Å²) in [5.74, 6) is 3.06. The second-order valence-electron chi connectivity index (χ2n) is 13.2. The van der Waals surface area contributed by atoms with Gasteiger partial charge in [0, 0.05) is 5.41 Å². The molecular weight excluding hydrogens is 328 g/mol. The van der Waals surface area contributed by atoms with E-state index in [1.54, 1.807) is 0 Å². The van der Waals surface area contributed by atoms with E-state index in [2.05, 4.69) is 89.7 Å². The van der Waals surface area contributed by atoms with Gasteiger partial charge in [0.05, 0.1) is 11.9 Å². The molecule has 0 heterocycles. The minimum Gasteiger partial charge on any atom is -0.495 e. The molecule has 1 aliphatic rings. The van der Waals surface area contributed by atoms with Crippen LogP contribution in [0.3, 0.4) is 0 Å². The zero-order chi connectivity index (χ0) is 21.4. The molecule has 0 saturated heterocycles. The Balaban J connectivity index is 3.07. The first-order valence-electron chi connectivity index (χ1n) is 11.2. The van der Waals surface area contributed by atoms with Crippen molar-refractivity contribution in [2.45, 2.75) is 115 Å². The quantitative estimate of drug-likeness (QED) is 0.436. The Morgan fingerprint density at radius 2 is 1.22 bits per heavy atom. The summed E-state index contributed by atoms with van der Waals surface area (Å²) < 4.78 is 6.74. The third-order valence-electron chi connectivity index (χ3n) is 7.51. The van der Waals surface area contributed by atoms with Crippen LogP contribution in [0, 0.1) is 39.4 Å². The molecule has 1 aliphatic carbocycles. The fraction of sp³-hybridized carbons (Fsp3) is 0.923. The first kappa shape index (κ1) is 24.6. The number of hydrogen-bond acceptors (Lipinski definition) is 1. The van der Waals surface area contributed by atoms with Gasteiger partial charge in [-0.3, -0.25) is 0 Å². The minimum absolute atomic E-state index is 0.00687. The van der Waals surface area contributed by atoms with E-state index < -0.39 is 0 Å². The van der Waals surface area contributed by atoms with Gasteiger partial charge in [-0.1, -0.05) is 89.7 Å². The Morgan fingerprint density at radius 3 is 1.52 bits per heavy atom. The van der Waals surface area contributed by atoms with E-state index in [4.69, 9.17) is 4.74 Å². The number of rotatable bonds is 5. The molecule has 0 aromatic rings. The molecule has 0 spiro atoms. The Kier molecular flexibility index (Phi) is 7.39. The van der Waals surface area contributed by atoms with E-state index in [1.165, 1.54) is 6.42 Å². The van der Waals surface area contributed by atoms with Crippen molar-refractivity contribution in [1.29, 1.82) is 0 Å². The molecule has 0 bridgehead atoms. The van der Waals surface area contributed by atoms with Crippen LogP contribution in [0.25, 0.3) is 0 Å². The van der Waals surface area contributed by atoms with Crippen LogP contribution in [0.15, 0.2) is 12.3 Å². The van der Waals surface area contributed by atoms with Gasteiger partial charge in [-0.2, -0.15) is 0 Å². The highest BCUT2D eigenvalue weighted by Crippen LogP contribution is 2.51. The average Bonchev–Trinajstić information content (AvgIpc) is 2.42. The topological polar surface area (TPSA) is 9.23 Å². The third kappa shape index (κ3) is 6.26. The molecule has 1 rings (SSSR count). The van der Waals surface area contributed by atoms with Gasteiger partial charge in [-0.15, -0.1) is 0 Å². The van der Waals surface area contributed by atoms with E-state index in [0.717, 1.165) is 25.0 Å².